The maximum atomic E-state index is 12.1. The highest BCUT2D eigenvalue weighted by molar-refractivity contribution is 6.33. The van der Waals surface area contributed by atoms with Crippen LogP contribution in [-0.2, 0) is 9.53 Å². The fourth-order valence-electron chi connectivity index (χ4n) is 1.22. The zero-order valence-electron chi connectivity index (χ0n) is 8.40. The van der Waals surface area contributed by atoms with Crippen molar-refractivity contribution < 1.29 is 22.7 Å². The number of hydrogen-bond donors (Lipinski definition) is 0. The third-order valence-electron chi connectivity index (χ3n) is 2.32. The largest absolute Gasteiger partial charge is 0.461 e. The predicted molar refractivity (Wildman–Crippen MR) is 48.6 cm³/mol. The number of hydrogen-bond acceptors (Lipinski definition) is 2. The predicted octanol–water partition coefficient (Wildman–Crippen LogP) is 2.89. The third-order valence-corrected chi connectivity index (χ3v) is 2.47. The molecule has 0 bridgehead atoms. The van der Waals surface area contributed by atoms with Crippen LogP contribution in [0.25, 0.3) is 0 Å². The quantitative estimate of drug-likeness (QED) is 0.552. The number of alkyl halides is 4. The Bertz CT molecular complexity index is 251. The molecule has 1 saturated carbocycles. The first-order valence-corrected chi connectivity index (χ1v) is 4.95. The summed E-state index contributed by atoms with van der Waals surface area (Å²) in [5.74, 6) is -2.01. The van der Waals surface area contributed by atoms with Crippen LogP contribution in [0.1, 0.15) is 26.7 Å². The van der Waals surface area contributed by atoms with Crippen LogP contribution in [0.3, 0.4) is 0 Å². The zero-order chi connectivity index (χ0) is 11.9. The summed E-state index contributed by atoms with van der Waals surface area (Å²) >= 11 is 5.64. The molecular formula is C9H12ClF3O2. The van der Waals surface area contributed by atoms with Gasteiger partial charge in [0.25, 0.3) is 0 Å². The van der Waals surface area contributed by atoms with Gasteiger partial charge in [0.15, 0.2) is 0 Å². The molecule has 0 N–H and O–H groups in total. The lowest BCUT2D eigenvalue weighted by molar-refractivity contribution is -0.221. The zero-order valence-corrected chi connectivity index (χ0v) is 9.15. The molecule has 6 heteroatoms. The molecule has 0 heterocycles. The summed E-state index contributed by atoms with van der Waals surface area (Å²) in [6, 6.07) is 0. The molecule has 0 radical (unpaired) electrons. The Morgan fingerprint density at radius 3 is 2.13 bits per heavy atom. The Hall–Kier alpha value is -0.450. The van der Waals surface area contributed by atoms with Crippen LogP contribution in [-0.4, -0.2) is 23.1 Å². The number of rotatable bonds is 2. The second-order valence-electron chi connectivity index (χ2n) is 4.21. The Morgan fingerprint density at radius 1 is 1.33 bits per heavy atom. The second-order valence-corrected chi connectivity index (χ2v) is 5.15. The lowest BCUT2D eigenvalue weighted by Crippen LogP contribution is -2.43. The summed E-state index contributed by atoms with van der Waals surface area (Å²) in [5.41, 5.74) is 0. The van der Waals surface area contributed by atoms with Gasteiger partial charge in [-0.25, -0.2) is 0 Å². The number of carbonyl (C=O) groups is 1. The van der Waals surface area contributed by atoms with Crippen molar-refractivity contribution in [1.82, 2.24) is 0 Å². The van der Waals surface area contributed by atoms with E-state index in [1.165, 1.54) is 13.8 Å². The highest BCUT2D eigenvalue weighted by Crippen LogP contribution is 2.42. The molecule has 0 spiro atoms. The van der Waals surface area contributed by atoms with E-state index in [1.807, 2.05) is 0 Å². The molecule has 1 aliphatic rings. The molecule has 1 aliphatic carbocycles. The topological polar surface area (TPSA) is 26.3 Å². The van der Waals surface area contributed by atoms with Crippen LogP contribution in [0, 0.1) is 5.92 Å². The molecule has 1 rings (SSSR count). The van der Waals surface area contributed by atoms with E-state index in [0.717, 1.165) is 0 Å². The van der Waals surface area contributed by atoms with E-state index in [9.17, 15) is 18.0 Å². The van der Waals surface area contributed by atoms with Gasteiger partial charge in [-0.05, 0) is 26.7 Å². The molecule has 0 saturated heterocycles. The van der Waals surface area contributed by atoms with Crippen molar-refractivity contribution in [2.75, 3.05) is 0 Å². The van der Waals surface area contributed by atoms with E-state index < -0.39 is 29.0 Å². The van der Waals surface area contributed by atoms with Crippen molar-refractivity contribution in [3.8, 4) is 0 Å². The third kappa shape index (κ3) is 3.26. The first-order valence-electron chi connectivity index (χ1n) is 4.57. The summed E-state index contributed by atoms with van der Waals surface area (Å²) in [4.78, 5) is 10.0. The summed E-state index contributed by atoms with van der Waals surface area (Å²) in [7, 11) is 0. The maximum Gasteiger partial charge on any atom is 0.392 e. The number of ether oxygens (including phenoxy) is 1. The van der Waals surface area contributed by atoms with Crippen molar-refractivity contribution >= 4 is 17.6 Å². The van der Waals surface area contributed by atoms with Crippen LogP contribution in [0.15, 0.2) is 0 Å². The van der Waals surface area contributed by atoms with Crippen molar-refractivity contribution in [3.63, 3.8) is 0 Å². The van der Waals surface area contributed by atoms with E-state index in [1.54, 1.807) is 0 Å². The monoisotopic (exact) mass is 244 g/mol. The fourth-order valence-corrected chi connectivity index (χ4v) is 1.27. The molecule has 0 aromatic heterocycles. The molecule has 2 nitrogen and oxygen atoms in total. The van der Waals surface area contributed by atoms with Gasteiger partial charge in [0, 0.05) is 0 Å². The minimum atomic E-state index is -4.18. The van der Waals surface area contributed by atoms with Gasteiger partial charge in [0.1, 0.15) is 11.0 Å². The molecule has 0 atom stereocenters. The molecule has 1 fully saturated rings. The Balaban J connectivity index is 2.33. The smallest absolute Gasteiger partial charge is 0.392 e. The SMILES string of the molecule is CC(C)(Cl)C(=O)OC1CC(C(F)(F)F)C1. The minimum Gasteiger partial charge on any atom is -0.461 e. The number of carbonyl (C=O) groups excluding carboxylic acids is 1. The molecular weight excluding hydrogens is 233 g/mol. The highest BCUT2D eigenvalue weighted by atomic mass is 35.5. The van der Waals surface area contributed by atoms with Gasteiger partial charge in [0.05, 0.1) is 5.92 Å². The van der Waals surface area contributed by atoms with E-state index in [4.69, 9.17) is 16.3 Å². The van der Waals surface area contributed by atoms with Crippen LogP contribution in [0.5, 0.6) is 0 Å². The van der Waals surface area contributed by atoms with Gasteiger partial charge in [-0.3, -0.25) is 4.79 Å². The first kappa shape index (κ1) is 12.6. The maximum absolute atomic E-state index is 12.1. The summed E-state index contributed by atoms with van der Waals surface area (Å²) in [6.45, 7) is 2.88. The average Bonchev–Trinajstić information content (AvgIpc) is 1.90. The van der Waals surface area contributed by atoms with Crippen molar-refractivity contribution in [2.24, 2.45) is 5.92 Å². The lowest BCUT2D eigenvalue weighted by Gasteiger charge is -2.36. The van der Waals surface area contributed by atoms with Crippen LogP contribution >= 0.6 is 11.6 Å². The van der Waals surface area contributed by atoms with E-state index in [0.29, 0.717) is 0 Å². The summed E-state index contributed by atoms with van der Waals surface area (Å²) in [5, 5.41) is 0. The van der Waals surface area contributed by atoms with Gasteiger partial charge >= 0.3 is 12.1 Å². The van der Waals surface area contributed by atoms with E-state index in [-0.39, 0.29) is 12.8 Å². The molecule has 0 aromatic rings. The molecule has 0 amide bonds. The average molecular weight is 245 g/mol. The van der Waals surface area contributed by atoms with E-state index >= 15 is 0 Å². The molecule has 88 valence electrons. The van der Waals surface area contributed by atoms with Gasteiger partial charge < -0.3 is 4.74 Å². The normalized spacial score (nSPS) is 27.1. The Kier molecular flexibility index (Phi) is 3.24. The molecule has 15 heavy (non-hydrogen) atoms. The van der Waals surface area contributed by atoms with E-state index in [2.05, 4.69) is 0 Å². The Morgan fingerprint density at radius 2 is 1.80 bits per heavy atom. The lowest BCUT2D eigenvalue weighted by atomic mass is 9.82. The minimum absolute atomic E-state index is 0.151. The van der Waals surface area contributed by atoms with Crippen molar-refractivity contribution in [3.05, 3.63) is 0 Å². The van der Waals surface area contributed by atoms with Crippen LogP contribution in [0.2, 0.25) is 0 Å². The van der Waals surface area contributed by atoms with Gasteiger partial charge in [-0.1, -0.05) is 0 Å². The van der Waals surface area contributed by atoms with Gasteiger partial charge in [-0.2, -0.15) is 13.2 Å². The molecule has 0 unspecified atom stereocenters. The molecule has 0 aliphatic heterocycles. The highest BCUT2D eigenvalue weighted by Gasteiger charge is 2.49. The molecule has 0 aromatic carbocycles. The number of esters is 1. The van der Waals surface area contributed by atoms with Crippen molar-refractivity contribution in [1.29, 1.82) is 0 Å². The standard InChI is InChI=1S/C9H12ClF3O2/c1-8(2,10)7(14)15-6-3-5(4-6)9(11,12)13/h5-6H,3-4H2,1-2H3. The first-order chi connectivity index (χ1) is 6.60. The summed E-state index contributed by atoms with van der Waals surface area (Å²) < 4.78 is 41.0. The van der Waals surface area contributed by atoms with Crippen molar-refractivity contribution in [2.45, 2.75) is 43.8 Å². The summed E-state index contributed by atoms with van der Waals surface area (Å²) in [6.07, 6.45) is -5.12. The Labute approximate surface area is 90.7 Å². The number of halogens is 4. The van der Waals surface area contributed by atoms with Crippen LogP contribution in [0.4, 0.5) is 13.2 Å². The van der Waals surface area contributed by atoms with Gasteiger partial charge in [0.2, 0.25) is 0 Å². The van der Waals surface area contributed by atoms with Crippen LogP contribution < -0.4 is 0 Å². The fraction of sp³-hybridized carbons (Fsp3) is 0.889. The van der Waals surface area contributed by atoms with Gasteiger partial charge in [-0.15, -0.1) is 11.6 Å². The second kappa shape index (κ2) is 3.85.